The van der Waals surface area contributed by atoms with Crippen molar-refractivity contribution in [3.05, 3.63) is 90.0 Å². The lowest BCUT2D eigenvalue weighted by Crippen LogP contribution is -2.49. The lowest BCUT2D eigenvalue weighted by atomic mass is 10.0. The molecule has 1 aliphatic heterocycles. The number of hydrogen-bond acceptors (Lipinski definition) is 4. The molecule has 3 aromatic heterocycles. The molecule has 0 aliphatic carbocycles. The largest absolute Gasteiger partial charge is 0.346 e. The van der Waals surface area contributed by atoms with Crippen molar-refractivity contribution >= 4 is 28.9 Å². The number of rotatable bonds is 3. The third-order valence-corrected chi connectivity index (χ3v) is 5.45. The summed E-state index contributed by atoms with van der Waals surface area (Å²) < 4.78 is 1.83. The van der Waals surface area contributed by atoms with Crippen LogP contribution in [0, 0.1) is 0 Å². The minimum atomic E-state index is -0.199. The van der Waals surface area contributed by atoms with Crippen molar-refractivity contribution < 1.29 is 9.59 Å². The van der Waals surface area contributed by atoms with Crippen molar-refractivity contribution in [2.45, 2.75) is 18.9 Å². The van der Waals surface area contributed by atoms with E-state index in [0.717, 1.165) is 23.4 Å². The Morgan fingerprint density at radius 3 is 2.66 bits per heavy atom. The van der Waals surface area contributed by atoms with Gasteiger partial charge in [0.25, 0.3) is 11.8 Å². The van der Waals surface area contributed by atoms with Crippen LogP contribution in [0.4, 0.5) is 0 Å². The van der Waals surface area contributed by atoms with Gasteiger partial charge in [0.05, 0.1) is 36.1 Å². The number of carbonyl (C=O) groups is 2. The number of pyridine rings is 1. The Labute approximate surface area is 190 Å². The molecule has 4 heterocycles. The summed E-state index contributed by atoms with van der Waals surface area (Å²) in [5.74, 6) is -0.235. The fourth-order valence-electron chi connectivity index (χ4n) is 3.64. The van der Waals surface area contributed by atoms with E-state index in [1.807, 2.05) is 53.1 Å². The summed E-state index contributed by atoms with van der Waals surface area (Å²) in [7, 11) is 0. The highest BCUT2D eigenvalue weighted by atomic mass is 35.5. The number of piperidine rings is 1. The molecule has 1 aliphatic rings. The number of nitrogens with one attached hydrogen (secondary N) is 2. The first-order valence-corrected chi connectivity index (χ1v) is 10.7. The predicted octanol–water partition coefficient (Wildman–Crippen LogP) is 3.43. The Morgan fingerprint density at radius 1 is 1.09 bits per heavy atom. The van der Waals surface area contributed by atoms with Gasteiger partial charge in [-0.05, 0) is 37.1 Å². The number of amides is 2. The molecular formula is C23H23ClN6O2. The molecule has 164 valence electrons. The van der Waals surface area contributed by atoms with Crippen LogP contribution in [0.2, 0.25) is 5.02 Å². The van der Waals surface area contributed by atoms with Gasteiger partial charge in [0.15, 0.2) is 0 Å². The fraction of sp³-hybridized carbons (Fsp3) is 0.217. The van der Waals surface area contributed by atoms with Gasteiger partial charge in [-0.2, -0.15) is 0 Å². The summed E-state index contributed by atoms with van der Waals surface area (Å²) in [5, 5.41) is 3.76. The number of benzene rings is 1. The zero-order valence-electron chi connectivity index (χ0n) is 17.3. The number of carbonyl (C=O) groups excluding carboxylic acids is 2. The first kappa shape index (κ1) is 21.6. The number of hydrogen-bond donors (Lipinski definition) is 2. The van der Waals surface area contributed by atoms with E-state index in [1.165, 1.54) is 12.5 Å². The molecule has 1 aromatic carbocycles. The zero-order valence-corrected chi connectivity index (χ0v) is 18.1. The molecule has 4 aromatic rings. The third kappa shape index (κ3) is 5.15. The van der Waals surface area contributed by atoms with Crippen LogP contribution in [0.15, 0.2) is 73.7 Å². The molecule has 9 heteroatoms. The van der Waals surface area contributed by atoms with Gasteiger partial charge in [0, 0.05) is 30.4 Å². The Balaban J connectivity index is 0.000000300. The van der Waals surface area contributed by atoms with E-state index in [-0.39, 0.29) is 17.9 Å². The van der Waals surface area contributed by atoms with Crippen molar-refractivity contribution in [1.29, 1.82) is 0 Å². The van der Waals surface area contributed by atoms with E-state index >= 15 is 0 Å². The van der Waals surface area contributed by atoms with E-state index < -0.39 is 0 Å². The van der Waals surface area contributed by atoms with Crippen molar-refractivity contribution in [2.24, 2.45) is 0 Å². The highest BCUT2D eigenvalue weighted by Crippen LogP contribution is 2.17. The van der Waals surface area contributed by atoms with Crippen molar-refractivity contribution in [3.8, 4) is 0 Å². The summed E-state index contributed by atoms with van der Waals surface area (Å²) in [6.07, 6.45) is 9.88. The summed E-state index contributed by atoms with van der Waals surface area (Å²) in [6, 6.07) is 13.0. The van der Waals surface area contributed by atoms with Crippen LogP contribution in [-0.2, 0) is 0 Å². The average molecular weight is 451 g/mol. The zero-order chi connectivity index (χ0) is 22.3. The number of nitrogens with zero attached hydrogens (tertiary/aromatic N) is 4. The molecule has 1 atom stereocenters. The van der Waals surface area contributed by atoms with Crippen LogP contribution in [0.1, 0.15) is 33.7 Å². The summed E-state index contributed by atoms with van der Waals surface area (Å²) >= 11 is 5.54. The normalized spacial score (nSPS) is 15.7. The predicted molar refractivity (Wildman–Crippen MR) is 122 cm³/mol. The van der Waals surface area contributed by atoms with Gasteiger partial charge in [0.2, 0.25) is 0 Å². The maximum absolute atomic E-state index is 12.9. The quantitative estimate of drug-likeness (QED) is 0.500. The molecule has 32 heavy (non-hydrogen) atoms. The smallest absolute Gasteiger partial charge is 0.269 e. The van der Waals surface area contributed by atoms with Gasteiger partial charge in [0.1, 0.15) is 5.69 Å². The second kappa shape index (κ2) is 10.1. The molecule has 8 nitrogen and oxygen atoms in total. The molecule has 0 radical (unpaired) electrons. The number of aromatic nitrogens is 4. The van der Waals surface area contributed by atoms with Gasteiger partial charge >= 0.3 is 0 Å². The molecule has 5 rings (SSSR count). The van der Waals surface area contributed by atoms with Crippen molar-refractivity contribution in [1.82, 2.24) is 29.6 Å². The minimum absolute atomic E-state index is 0.0356. The van der Waals surface area contributed by atoms with E-state index in [9.17, 15) is 9.59 Å². The third-order valence-electron chi connectivity index (χ3n) is 5.20. The lowest BCUT2D eigenvalue weighted by molar-refractivity contribution is 0.0677. The fourth-order valence-corrected chi connectivity index (χ4v) is 3.78. The topological polar surface area (TPSA) is 95.4 Å². The Hall–Kier alpha value is -3.65. The van der Waals surface area contributed by atoms with Gasteiger partial charge in [-0.15, -0.1) is 0 Å². The maximum atomic E-state index is 12.9. The Morgan fingerprint density at radius 2 is 1.94 bits per heavy atom. The molecule has 0 spiro atoms. The van der Waals surface area contributed by atoms with E-state index in [1.54, 1.807) is 17.4 Å². The highest BCUT2D eigenvalue weighted by molar-refractivity contribution is 6.30. The number of H-pyrrole nitrogens is 1. The molecule has 2 amide bonds. The van der Waals surface area contributed by atoms with E-state index in [0.29, 0.717) is 24.3 Å². The van der Waals surface area contributed by atoms with Crippen molar-refractivity contribution in [2.75, 3.05) is 13.1 Å². The Bertz CT molecular complexity index is 1180. The van der Waals surface area contributed by atoms with E-state index in [4.69, 9.17) is 11.6 Å². The molecule has 0 saturated carbocycles. The van der Waals surface area contributed by atoms with Crippen LogP contribution in [0.25, 0.3) is 5.52 Å². The standard InChI is InChI=1S/C17H18N6O2.C6H5Cl/c24-16(14-7-18-10-20-14)21-12-3-1-5-22(9-12)17(25)13-4-2-6-23-11-19-8-15(13)23;7-6-4-2-1-3-5-6/h2,4,6-8,10-12H,1,3,5,9H2,(H,18,20)(H,21,24);1-5H. The molecule has 2 N–H and O–H groups in total. The van der Waals surface area contributed by atoms with Crippen LogP contribution < -0.4 is 5.32 Å². The summed E-state index contributed by atoms with van der Waals surface area (Å²) in [4.78, 5) is 37.6. The number of halogens is 1. The molecule has 1 unspecified atom stereocenters. The second-order valence-corrected chi connectivity index (χ2v) is 7.87. The van der Waals surface area contributed by atoms with Crippen LogP contribution in [-0.4, -0.2) is 55.2 Å². The summed E-state index contributed by atoms with van der Waals surface area (Å²) in [6.45, 7) is 1.18. The number of aromatic amines is 1. The minimum Gasteiger partial charge on any atom is -0.346 e. The van der Waals surface area contributed by atoms with Crippen LogP contribution in [0.3, 0.4) is 0 Å². The monoisotopic (exact) mass is 450 g/mol. The highest BCUT2D eigenvalue weighted by Gasteiger charge is 2.27. The molecule has 0 bridgehead atoms. The van der Waals surface area contributed by atoms with Gasteiger partial charge < -0.3 is 19.6 Å². The molecule has 1 fully saturated rings. The first-order chi connectivity index (χ1) is 15.6. The second-order valence-electron chi connectivity index (χ2n) is 7.43. The van der Waals surface area contributed by atoms with Crippen molar-refractivity contribution in [3.63, 3.8) is 0 Å². The van der Waals surface area contributed by atoms with Gasteiger partial charge in [-0.25, -0.2) is 9.97 Å². The lowest BCUT2D eigenvalue weighted by Gasteiger charge is -2.33. The van der Waals surface area contributed by atoms with Gasteiger partial charge in [-0.3, -0.25) is 9.59 Å². The number of likely N-dealkylation sites (tertiary alicyclic amines) is 1. The number of imidazole rings is 2. The van der Waals surface area contributed by atoms with Gasteiger partial charge in [-0.1, -0.05) is 29.8 Å². The average Bonchev–Trinajstić information content (AvgIpc) is 3.52. The van der Waals surface area contributed by atoms with E-state index in [2.05, 4.69) is 20.3 Å². The molecular weight excluding hydrogens is 428 g/mol. The number of fused-ring (bicyclic) bond motifs is 1. The SMILES string of the molecule is Clc1ccccc1.O=C(NC1CCCN(C(=O)c2cccn3cncc23)C1)c1cnc[nH]1. The van der Waals surface area contributed by atoms with Crippen LogP contribution in [0.5, 0.6) is 0 Å². The maximum Gasteiger partial charge on any atom is 0.269 e. The first-order valence-electron chi connectivity index (χ1n) is 10.3. The van der Waals surface area contributed by atoms with Crippen LogP contribution >= 0.6 is 11.6 Å². The Kier molecular flexibility index (Phi) is 6.81. The summed E-state index contributed by atoms with van der Waals surface area (Å²) in [5.41, 5.74) is 1.84. The molecule has 1 saturated heterocycles.